The van der Waals surface area contributed by atoms with E-state index in [1.54, 1.807) is 10.7 Å². The van der Waals surface area contributed by atoms with Gasteiger partial charge in [-0.15, -0.1) is 0 Å². The Kier molecular flexibility index (Phi) is 3.38. The molecule has 1 aliphatic carbocycles. The predicted octanol–water partition coefficient (Wildman–Crippen LogP) is 2.11. The highest BCUT2D eigenvalue weighted by Crippen LogP contribution is 2.27. The summed E-state index contributed by atoms with van der Waals surface area (Å²) < 4.78 is 4.00. The molecule has 3 heterocycles. The second-order valence-electron chi connectivity index (χ2n) is 6.14. The van der Waals surface area contributed by atoms with Crippen LogP contribution in [0.4, 0.5) is 0 Å². The highest BCUT2D eigenvalue weighted by Gasteiger charge is 2.21. The lowest BCUT2D eigenvalue weighted by atomic mass is 9.86. The standard InChI is InChI=1S/C16H20N6/c17-13-4-1-3-12(9-13)11-21-8-6-19-15(21)14-10-20-22-7-2-5-18-16(14)22/h2,5-8,10,12-13H,1,3-4,9,11,17H2/t12-,13+/m0/s1. The molecule has 114 valence electrons. The second-order valence-corrected chi connectivity index (χ2v) is 6.14. The van der Waals surface area contributed by atoms with E-state index in [4.69, 9.17) is 5.73 Å². The van der Waals surface area contributed by atoms with Gasteiger partial charge in [0.05, 0.1) is 11.8 Å². The first-order valence-corrected chi connectivity index (χ1v) is 7.86. The molecule has 0 saturated heterocycles. The first-order chi connectivity index (χ1) is 10.8. The number of imidazole rings is 1. The maximum atomic E-state index is 6.11. The van der Waals surface area contributed by atoms with Gasteiger partial charge in [-0.1, -0.05) is 6.42 Å². The average molecular weight is 296 g/mol. The fourth-order valence-corrected chi connectivity index (χ4v) is 3.46. The Bertz CT molecular complexity index is 774. The molecule has 0 radical (unpaired) electrons. The van der Waals surface area contributed by atoms with E-state index in [1.807, 2.05) is 30.9 Å². The van der Waals surface area contributed by atoms with E-state index in [9.17, 15) is 0 Å². The largest absolute Gasteiger partial charge is 0.331 e. The van der Waals surface area contributed by atoms with Crippen LogP contribution < -0.4 is 5.73 Å². The third-order valence-electron chi connectivity index (χ3n) is 4.51. The van der Waals surface area contributed by atoms with E-state index in [0.717, 1.165) is 36.4 Å². The topological polar surface area (TPSA) is 74.0 Å². The number of rotatable bonds is 3. The van der Waals surface area contributed by atoms with Gasteiger partial charge in [-0.3, -0.25) is 0 Å². The molecular formula is C16H20N6. The Morgan fingerprint density at radius 1 is 1.18 bits per heavy atom. The van der Waals surface area contributed by atoms with Crippen molar-refractivity contribution in [3.63, 3.8) is 0 Å². The molecule has 3 aromatic rings. The van der Waals surface area contributed by atoms with E-state index in [0.29, 0.717) is 12.0 Å². The highest BCUT2D eigenvalue weighted by molar-refractivity contribution is 5.72. The monoisotopic (exact) mass is 296 g/mol. The number of hydrogen-bond acceptors (Lipinski definition) is 4. The molecule has 0 aromatic carbocycles. The Labute approximate surface area is 129 Å². The minimum Gasteiger partial charge on any atom is -0.331 e. The van der Waals surface area contributed by atoms with Crippen LogP contribution in [0.25, 0.3) is 17.0 Å². The molecule has 0 aliphatic heterocycles. The molecule has 2 N–H and O–H groups in total. The highest BCUT2D eigenvalue weighted by atomic mass is 15.2. The molecule has 6 nitrogen and oxygen atoms in total. The van der Waals surface area contributed by atoms with Crippen LogP contribution in [0.2, 0.25) is 0 Å². The number of nitrogens with zero attached hydrogens (tertiary/aromatic N) is 5. The van der Waals surface area contributed by atoms with Crippen molar-refractivity contribution in [3.05, 3.63) is 37.1 Å². The minimum absolute atomic E-state index is 0.351. The quantitative estimate of drug-likeness (QED) is 0.803. The molecule has 22 heavy (non-hydrogen) atoms. The van der Waals surface area contributed by atoms with Crippen LogP contribution in [0.15, 0.2) is 37.1 Å². The van der Waals surface area contributed by atoms with Crippen LogP contribution in [0.1, 0.15) is 25.7 Å². The van der Waals surface area contributed by atoms with Gasteiger partial charge in [0.25, 0.3) is 0 Å². The summed E-state index contributed by atoms with van der Waals surface area (Å²) in [6, 6.07) is 2.23. The molecule has 6 heteroatoms. The fourth-order valence-electron chi connectivity index (χ4n) is 3.46. The summed E-state index contributed by atoms with van der Waals surface area (Å²) >= 11 is 0. The molecule has 4 rings (SSSR count). The molecule has 1 saturated carbocycles. The molecular weight excluding hydrogens is 276 g/mol. The molecule has 3 aromatic heterocycles. The molecule has 1 fully saturated rings. The van der Waals surface area contributed by atoms with E-state index in [-0.39, 0.29) is 0 Å². The third-order valence-corrected chi connectivity index (χ3v) is 4.51. The van der Waals surface area contributed by atoms with Gasteiger partial charge in [-0.2, -0.15) is 5.10 Å². The van der Waals surface area contributed by atoms with Gasteiger partial charge in [0.1, 0.15) is 5.82 Å². The van der Waals surface area contributed by atoms with Crippen LogP contribution in [-0.4, -0.2) is 30.2 Å². The predicted molar refractivity (Wildman–Crippen MR) is 84.1 cm³/mol. The molecule has 2 atom stereocenters. The number of nitrogens with two attached hydrogens (primary N) is 1. The Morgan fingerprint density at radius 2 is 2.14 bits per heavy atom. The van der Waals surface area contributed by atoms with Crippen LogP contribution in [0.3, 0.4) is 0 Å². The molecule has 0 spiro atoms. The van der Waals surface area contributed by atoms with Crippen molar-refractivity contribution >= 4 is 5.65 Å². The second kappa shape index (κ2) is 5.53. The SMILES string of the molecule is N[C@@H]1CCC[C@H](Cn2ccnc2-c2cnn3cccnc23)C1. The van der Waals surface area contributed by atoms with Crippen LogP contribution >= 0.6 is 0 Å². The summed E-state index contributed by atoms with van der Waals surface area (Å²) in [7, 11) is 0. The van der Waals surface area contributed by atoms with Crippen molar-refractivity contribution in [3.8, 4) is 11.4 Å². The smallest absolute Gasteiger partial charge is 0.165 e. The lowest BCUT2D eigenvalue weighted by Crippen LogP contribution is -2.29. The Balaban J connectivity index is 1.65. The lowest BCUT2D eigenvalue weighted by Gasteiger charge is -2.27. The van der Waals surface area contributed by atoms with Gasteiger partial charge in [-0.25, -0.2) is 14.5 Å². The number of hydrogen-bond donors (Lipinski definition) is 1. The van der Waals surface area contributed by atoms with Crippen LogP contribution in [0, 0.1) is 5.92 Å². The van der Waals surface area contributed by atoms with Gasteiger partial charge >= 0.3 is 0 Å². The van der Waals surface area contributed by atoms with Crippen molar-refractivity contribution in [1.29, 1.82) is 0 Å². The first-order valence-electron chi connectivity index (χ1n) is 7.86. The van der Waals surface area contributed by atoms with Gasteiger partial charge < -0.3 is 10.3 Å². The number of fused-ring (bicyclic) bond motifs is 1. The van der Waals surface area contributed by atoms with Gasteiger partial charge in [0, 0.05) is 37.4 Å². The molecule has 1 aliphatic rings. The van der Waals surface area contributed by atoms with Crippen LogP contribution in [0.5, 0.6) is 0 Å². The van der Waals surface area contributed by atoms with E-state index >= 15 is 0 Å². The zero-order valence-corrected chi connectivity index (χ0v) is 12.5. The van der Waals surface area contributed by atoms with E-state index in [1.165, 1.54) is 12.8 Å². The van der Waals surface area contributed by atoms with Gasteiger partial charge in [0.15, 0.2) is 5.65 Å². The van der Waals surface area contributed by atoms with Crippen molar-refractivity contribution in [2.24, 2.45) is 11.7 Å². The summed E-state index contributed by atoms with van der Waals surface area (Å²) in [5.41, 5.74) is 7.93. The summed E-state index contributed by atoms with van der Waals surface area (Å²) in [4.78, 5) is 8.96. The van der Waals surface area contributed by atoms with Crippen molar-refractivity contribution < 1.29 is 0 Å². The first kappa shape index (κ1) is 13.5. The normalized spacial score (nSPS) is 22.2. The summed E-state index contributed by atoms with van der Waals surface area (Å²) in [6.07, 6.45) is 14.2. The van der Waals surface area contributed by atoms with Crippen molar-refractivity contribution in [2.75, 3.05) is 0 Å². The summed E-state index contributed by atoms with van der Waals surface area (Å²) in [6.45, 7) is 0.965. The maximum absolute atomic E-state index is 6.11. The lowest BCUT2D eigenvalue weighted by molar-refractivity contribution is 0.291. The van der Waals surface area contributed by atoms with Crippen molar-refractivity contribution in [2.45, 2.75) is 38.3 Å². The molecule has 0 bridgehead atoms. The maximum Gasteiger partial charge on any atom is 0.165 e. The van der Waals surface area contributed by atoms with E-state index in [2.05, 4.69) is 19.6 Å². The zero-order chi connectivity index (χ0) is 14.9. The van der Waals surface area contributed by atoms with Gasteiger partial charge in [0.2, 0.25) is 0 Å². The van der Waals surface area contributed by atoms with Gasteiger partial charge in [-0.05, 0) is 31.2 Å². The summed E-state index contributed by atoms with van der Waals surface area (Å²) in [5, 5.41) is 4.36. The number of aromatic nitrogens is 5. The molecule has 0 unspecified atom stereocenters. The summed E-state index contributed by atoms with van der Waals surface area (Å²) in [5.74, 6) is 1.57. The zero-order valence-electron chi connectivity index (χ0n) is 12.5. The Morgan fingerprint density at radius 3 is 3.05 bits per heavy atom. The Hall–Kier alpha value is -2.21. The molecule has 0 amide bonds. The fraction of sp³-hybridized carbons (Fsp3) is 0.438. The average Bonchev–Trinajstić information content (AvgIpc) is 3.13. The van der Waals surface area contributed by atoms with E-state index < -0.39 is 0 Å². The van der Waals surface area contributed by atoms with Crippen molar-refractivity contribution in [1.82, 2.24) is 24.1 Å². The third kappa shape index (κ3) is 2.39. The minimum atomic E-state index is 0.351. The van der Waals surface area contributed by atoms with Crippen LogP contribution in [-0.2, 0) is 6.54 Å².